The number of rotatable bonds is 4. The Hall–Kier alpha value is -1.28. The molecule has 1 aliphatic carbocycles. The first-order valence-corrected chi connectivity index (χ1v) is 7.63. The molecule has 1 aliphatic rings. The second kappa shape index (κ2) is 5.38. The van der Waals surface area contributed by atoms with Gasteiger partial charge in [0.25, 0.3) is 0 Å². The predicted octanol–water partition coefficient (Wildman–Crippen LogP) is 3.89. The van der Waals surface area contributed by atoms with Crippen molar-refractivity contribution in [2.45, 2.75) is 45.1 Å². The van der Waals surface area contributed by atoms with Gasteiger partial charge >= 0.3 is 0 Å². The van der Waals surface area contributed by atoms with Gasteiger partial charge in [0, 0.05) is 29.6 Å². The zero-order valence-corrected chi connectivity index (χ0v) is 11.8. The summed E-state index contributed by atoms with van der Waals surface area (Å²) >= 11 is 0. The molecule has 1 unspecified atom stereocenters. The van der Waals surface area contributed by atoms with Gasteiger partial charge in [-0.1, -0.05) is 31.0 Å². The molecule has 0 aliphatic heterocycles. The molecule has 2 heteroatoms. The van der Waals surface area contributed by atoms with Crippen LogP contribution >= 0.6 is 0 Å². The van der Waals surface area contributed by atoms with Gasteiger partial charge in [-0.2, -0.15) is 0 Å². The van der Waals surface area contributed by atoms with E-state index in [0.29, 0.717) is 5.92 Å². The molecule has 0 spiro atoms. The highest BCUT2D eigenvalue weighted by Crippen LogP contribution is 2.39. The topological polar surface area (TPSA) is 30.9 Å². The summed E-state index contributed by atoms with van der Waals surface area (Å²) in [4.78, 5) is 0. The maximum atomic E-state index is 6.12. The molecule has 1 saturated carbocycles. The van der Waals surface area contributed by atoms with E-state index in [1.54, 1.807) is 0 Å². The molecular formula is C17H24N2. The van der Waals surface area contributed by atoms with Crippen LogP contribution in [0.15, 0.2) is 30.5 Å². The molecule has 2 nitrogen and oxygen atoms in total. The van der Waals surface area contributed by atoms with E-state index in [1.807, 2.05) is 0 Å². The number of fused-ring (bicyclic) bond motifs is 1. The van der Waals surface area contributed by atoms with Crippen LogP contribution in [0.3, 0.4) is 0 Å². The molecule has 2 N–H and O–H groups in total. The number of hydrogen-bond donors (Lipinski definition) is 1. The monoisotopic (exact) mass is 256 g/mol. The lowest BCUT2D eigenvalue weighted by Gasteiger charge is -2.21. The second-order valence-electron chi connectivity index (χ2n) is 5.77. The third kappa shape index (κ3) is 2.18. The SMILES string of the molecule is CCn1cc(C(CN)C2CCCC2)c2ccccc21. The van der Waals surface area contributed by atoms with Gasteiger partial charge in [0.05, 0.1) is 0 Å². The maximum absolute atomic E-state index is 6.12. The fourth-order valence-electron chi connectivity index (χ4n) is 3.77. The Morgan fingerprint density at radius 2 is 2.00 bits per heavy atom. The zero-order valence-electron chi connectivity index (χ0n) is 11.8. The van der Waals surface area contributed by atoms with Crippen molar-refractivity contribution in [3.8, 4) is 0 Å². The Bertz CT molecular complexity index is 549. The number of benzene rings is 1. The van der Waals surface area contributed by atoms with E-state index in [1.165, 1.54) is 42.1 Å². The summed E-state index contributed by atoms with van der Waals surface area (Å²) in [6.45, 7) is 4.02. The molecule has 1 aromatic heterocycles. The molecule has 1 aromatic carbocycles. The van der Waals surface area contributed by atoms with Gasteiger partial charge < -0.3 is 10.3 Å². The highest BCUT2D eigenvalue weighted by Gasteiger charge is 2.27. The number of hydrogen-bond acceptors (Lipinski definition) is 1. The first kappa shape index (κ1) is 12.7. The van der Waals surface area contributed by atoms with Crippen molar-refractivity contribution in [2.24, 2.45) is 11.7 Å². The molecule has 1 fully saturated rings. The van der Waals surface area contributed by atoms with Crippen LogP contribution in [0.2, 0.25) is 0 Å². The minimum Gasteiger partial charge on any atom is -0.347 e. The maximum Gasteiger partial charge on any atom is 0.0483 e. The molecule has 19 heavy (non-hydrogen) atoms. The summed E-state index contributed by atoms with van der Waals surface area (Å²) in [5, 5.41) is 1.41. The number of para-hydroxylation sites is 1. The molecule has 0 bridgehead atoms. The van der Waals surface area contributed by atoms with E-state index in [9.17, 15) is 0 Å². The molecule has 0 amide bonds. The summed E-state index contributed by atoms with van der Waals surface area (Å²) in [6, 6.07) is 8.76. The lowest BCUT2D eigenvalue weighted by Crippen LogP contribution is -2.19. The minimum atomic E-state index is 0.542. The van der Waals surface area contributed by atoms with Crippen LogP contribution in [-0.4, -0.2) is 11.1 Å². The van der Waals surface area contributed by atoms with Gasteiger partial charge in [-0.05, 0) is 43.9 Å². The highest BCUT2D eigenvalue weighted by molar-refractivity contribution is 5.84. The van der Waals surface area contributed by atoms with Crippen LogP contribution in [0.1, 0.15) is 44.1 Å². The van der Waals surface area contributed by atoms with Crippen molar-refractivity contribution >= 4 is 10.9 Å². The van der Waals surface area contributed by atoms with Crippen LogP contribution in [0.5, 0.6) is 0 Å². The Morgan fingerprint density at radius 1 is 1.26 bits per heavy atom. The smallest absolute Gasteiger partial charge is 0.0483 e. The fourth-order valence-corrected chi connectivity index (χ4v) is 3.77. The van der Waals surface area contributed by atoms with Crippen LogP contribution in [0, 0.1) is 5.92 Å². The van der Waals surface area contributed by atoms with Crippen molar-refractivity contribution in [3.63, 3.8) is 0 Å². The normalized spacial score (nSPS) is 18.2. The van der Waals surface area contributed by atoms with Crippen LogP contribution < -0.4 is 5.73 Å². The standard InChI is InChI=1S/C17H24N2/c1-2-19-12-16(14-9-5-6-10-17(14)19)15(11-18)13-7-3-4-8-13/h5-6,9-10,12-13,15H,2-4,7-8,11,18H2,1H3. The Kier molecular flexibility index (Phi) is 3.61. The Morgan fingerprint density at radius 3 is 2.68 bits per heavy atom. The third-order valence-electron chi connectivity index (χ3n) is 4.78. The quantitative estimate of drug-likeness (QED) is 0.884. The third-order valence-corrected chi connectivity index (χ3v) is 4.78. The van der Waals surface area contributed by atoms with E-state index in [0.717, 1.165) is 19.0 Å². The van der Waals surface area contributed by atoms with Crippen molar-refractivity contribution in [1.82, 2.24) is 4.57 Å². The molecule has 0 saturated heterocycles. The average Bonchev–Trinajstić information content (AvgIpc) is 3.08. The average molecular weight is 256 g/mol. The first-order valence-electron chi connectivity index (χ1n) is 7.63. The van der Waals surface area contributed by atoms with Crippen molar-refractivity contribution in [3.05, 3.63) is 36.0 Å². The number of nitrogens with two attached hydrogens (primary N) is 1. The number of aromatic nitrogens is 1. The van der Waals surface area contributed by atoms with Gasteiger partial charge in [-0.15, -0.1) is 0 Å². The largest absolute Gasteiger partial charge is 0.347 e. The van der Waals surface area contributed by atoms with E-state index in [4.69, 9.17) is 5.73 Å². The van der Waals surface area contributed by atoms with Gasteiger partial charge in [0.1, 0.15) is 0 Å². The molecule has 1 atom stereocenters. The van der Waals surface area contributed by atoms with Gasteiger partial charge in [-0.25, -0.2) is 0 Å². The lowest BCUT2D eigenvalue weighted by molar-refractivity contribution is 0.442. The van der Waals surface area contributed by atoms with E-state index < -0.39 is 0 Å². The molecule has 102 valence electrons. The van der Waals surface area contributed by atoms with Gasteiger partial charge in [0.2, 0.25) is 0 Å². The Labute approximate surface area is 115 Å². The van der Waals surface area contributed by atoms with E-state index in [-0.39, 0.29) is 0 Å². The molecule has 2 aromatic rings. The predicted molar refractivity (Wildman–Crippen MR) is 81.4 cm³/mol. The van der Waals surface area contributed by atoms with Crippen LogP contribution in [0.25, 0.3) is 10.9 Å². The summed E-state index contributed by atoms with van der Waals surface area (Å²) in [6.07, 6.45) is 7.82. The summed E-state index contributed by atoms with van der Waals surface area (Å²) < 4.78 is 2.36. The van der Waals surface area contributed by atoms with Crippen molar-refractivity contribution in [1.29, 1.82) is 0 Å². The molecule has 0 radical (unpaired) electrons. The highest BCUT2D eigenvalue weighted by atomic mass is 14.9. The van der Waals surface area contributed by atoms with Crippen LogP contribution in [0.4, 0.5) is 0 Å². The summed E-state index contributed by atoms with van der Waals surface area (Å²) in [5.41, 5.74) is 8.95. The van der Waals surface area contributed by atoms with Crippen LogP contribution in [-0.2, 0) is 6.54 Å². The fraction of sp³-hybridized carbons (Fsp3) is 0.529. The number of nitrogens with zero attached hydrogens (tertiary/aromatic N) is 1. The van der Waals surface area contributed by atoms with E-state index >= 15 is 0 Å². The Balaban J connectivity index is 2.07. The summed E-state index contributed by atoms with van der Waals surface area (Å²) in [5.74, 6) is 1.33. The lowest BCUT2D eigenvalue weighted by atomic mass is 9.85. The zero-order chi connectivity index (χ0) is 13.2. The molecule has 1 heterocycles. The number of aryl methyl sites for hydroxylation is 1. The molecule has 3 rings (SSSR count). The van der Waals surface area contributed by atoms with E-state index in [2.05, 4.69) is 42.0 Å². The molecular weight excluding hydrogens is 232 g/mol. The second-order valence-corrected chi connectivity index (χ2v) is 5.77. The van der Waals surface area contributed by atoms with Gasteiger partial charge in [-0.3, -0.25) is 0 Å². The summed E-state index contributed by atoms with van der Waals surface area (Å²) in [7, 11) is 0. The first-order chi connectivity index (χ1) is 9.35. The van der Waals surface area contributed by atoms with Crippen molar-refractivity contribution < 1.29 is 0 Å². The van der Waals surface area contributed by atoms with Gasteiger partial charge in [0.15, 0.2) is 0 Å². The minimum absolute atomic E-state index is 0.542. The van der Waals surface area contributed by atoms with Crippen molar-refractivity contribution in [2.75, 3.05) is 6.54 Å².